The summed E-state index contributed by atoms with van der Waals surface area (Å²) in [6, 6.07) is 0. The Bertz CT molecular complexity index is 669. The van der Waals surface area contributed by atoms with E-state index in [-0.39, 0.29) is 24.5 Å². The third-order valence-corrected chi connectivity index (χ3v) is 5.56. The van der Waals surface area contributed by atoms with E-state index in [9.17, 15) is 22.8 Å². The number of ketones is 1. The van der Waals surface area contributed by atoms with E-state index in [0.29, 0.717) is 0 Å². The molecule has 1 unspecified atom stereocenters. The van der Waals surface area contributed by atoms with Gasteiger partial charge in [0, 0.05) is 12.5 Å². The lowest BCUT2D eigenvalue weighted by atomic mass is 10.1. The predicted molar refractivity (Wildman–Crippen MR) is 74.1 cm³/mol. The first kappa shape index (κ1) is 16.8. The standard InChI is InChI=1S/C12H14ClNO7S/c1-6(15)11(13)21-12-8(4-20-7(2)16)5-22(18,19)10-3-9(17)14(10)12/h10-11H,3-5H2,1-2H3/t10-,11?/m0/s1. The van der Waals surface area contributed by atoms with E-state index in [2.05, 4.69) is 0 Å². The van der Waals surface area contributed by atoms with Crippen molar-refractivity contribution in [3.05, 3.63) is 11.5 Å². The summed E-state index contributed by atoms with van der Waals surface area (Å²) in [7, 11) is -3.59. The number of esters is 1. The second-order valence-electron chi connectivity index (χ2n) is 4.96. The van der Waals surface area contributed by atoms with Crippen LogP contribution in [0.5, 0.6) is 0 Å². The predicted octanol–water partition coefficient (Wildman–Crippen LogP) is -0.0816. The van der Waals surface area contributed by atoms with Gasteiger partial charge in [0.1, 0.15) is 6.61 Å². The van der Waals surface area contributed by atoms with Gasteiger partial charge in [0.05, 0.1) is 12.2 Å². The highest BCUT2D eigenvalue weighted by Crippen LogP contribution is 2.37. The van der Waals surface area contributed by atoms with Crippen molar-refractivity contribution in [1.82, 2.24) is 4.90 Å². The van der Waals surface area contributed by atoms with Crippen LogP contribution in [0.15, 0.2) is 11.5 Å². The zero-order chi connectivity index (χ0) is 16.7. The molecule has 10 heteroatoms. The molecule has 0 N–H and O–H groups in total. The Morgan fingerprint density at radius 2 is 2.05 bits per heavy atom. The normalized spacial score (nSPS) is 24.2. The third-order valence-electron chi connectivity index (χ3n) is 3.20. The van der Waals surface area contributed by atoms with E-state index in [0.717, 1.165) is 11.8 Å². The molecule has 22 heavy (non-hydrogen) atoms. The van der Waals surface area contributed by atoms with Gasteiger partial charge in [-0.25, -0.2) is 8.42 Å². The number of carbonyl (C=O) groups excluding carboxylic acids is 3. The van der Waals surface area contributed by atoms with Crippen LogP contribution in [0.4, 0.5) is 0 Å². The van der Waals surface area contributed by atoms with Gasteiger partial charge < -0.3 is 9.47 Å². The summed E-state index contributed by atoms with van der Waals surface area (Å²) in [4.78, 5) is 34.8. The monoisotopic (exact) mass is 351 g/mol. The van der Waals surface area contributed by atoms with Crippen molar-refractivity contribution in [2.45, 2.75) is 31.2 Å². The van der Waals surface area contributed by atoms with E-state index in [1.807, 2.05) is 0 Å². The molecule has 0 aromatic heterocycles. The smallest absolute Gasteiger partial charge is 0.302 e. The van der Waals surface area contributed by atoms with Crippen LogP contribution in [0.2, 0.25) is 0 Å². The first-order chi connectivity index (χ1) is 10.1. The number of amides is 1. The molecule has 2 aliphatic rings. The molecule has 0 aromatic carbocycles. The number of sulfone groups is 1. The summed E-state index contributed by atoms with van der Waals surface area (Å²) in [6.45, 7) is 2.00. The second kappa shape index (κ2) is 5.88. The number of β-lactam (4-membered cyclic amide) rings is 1. The van der Waals surface area contributed by atoms with Gasteiger partial charge in [-0.3, -0.25) is 19.3 Å². The van der Waals surface area contributed by atoms with Gasteiger partial charge in [-0.05, 0) is 6.92 Å². The molecule has 2 atom stereocenters. The average Bonchev–Trinajstić information content (AvgIpc) is 2.38. The molecule has 1 fully saturated rings. The number of hydrogen-bond donors (Lipinski definition) is 0. The first-order valence-electron chi connectivity index (χ1n) is 6.33. The fraction of sp³-hybridized carbons (Fsp3) is 0.583. The molecule has 0 radical (unpaired) electrons. The zero-order valence-corrected chi connectivity index (χ0v) is 13.4. The molecule has 122 valence electrons. The Labute approximate surface area is 131 Å². The zero-order valence-electron chi connectivity index (χ0n) is 11.9. The van der Waals surface area contributed by atoms with Crippen molar-refractivity contribution in [1.29, 1.82) is 0 Å². The molecule has 1 amide bonds. The van der Waals surface area contributed by atoms with Gasteiger partial charge in [0.25, 0.3) is 0 Å². The maximum Gasteiger partial charge on any atom is 0.302 e. The molecule has 2 rings (SSSR count). The number of rotatable bonds is 5. The van der Waals surface area contributed by atoms with E-state index >= 15 is 0 Å². The average molecular weight is 352 g/mol. The van der Waals surface area contributed by atoms with Crippen molar-refractivity contribution in [2.75, 3.05) is 12.4 Å². The van der Waals surface area contributed by atoms with Gasteiger partial charge in [0.2, 0.25) is 17.4 Å². The minimum atomic E-state index is -3.59. The molecule has 0 saturated carbocycles. The van der Waals surface area contributed by atoms with Gasteiger partial charge in [-0.1, -0.05) is 11.6 Å². The van der Waals surface area contributed by atoms with Crippen molar-refractivity contribution < 1.29 is 32.3 Å². The van der Waals surface area contributed by atoms with E-state index in [1.165, 1.54) is 6.92 Å². The van der Waals surface area contributed by atoms with Crippen LogP contribution in [0, 0.1) is 0 Å². The molecule has 0 aliphatic carbocycles. The summed E-state index contributed by atoms with van der Waals surface area (Å²) in [6.07, 6.45) is -0.150. The summed E-state index contributed by atoms with van der Waals surface area (Å²) < 4.78 is 34.2. The topological polar surface area (TPSA) is 107 Å². The highest BCUT2D eigenvalue weighted by atomic mass is 35.5. The maximum atomic E-state index is 12.1. The number of ether oxygens (including phenoxy) is 2. The van der Waals surface area contributed by atoms with Crippen molar-refractivity contribution >= 4 is 39.1 Å². The number of nitrogens with zero attached hydrogens (tertiary/aromatic N) is 1. The van der Waals surface area contributed by atoms with Crippen molar-refractivity contribution in [3.8, 4) is 0 Å². The van der Waals surface area contributed by atoms with Gasteiger partial charge in [0.15, 0.2) is 21.0 Å². The lowest BCUT2D eigenvalue weighted by molar-refractivity contribution is -0.145. The van der Waals surface area contributed by atoms with Crippen LogP contribution >= 0.6 is 11.6 Å². The van der Waals surface area contributed by atoms with Gasteiger partial charge in [-0.2, -0.15) is 0 Å². The van der Waals surface area contributed by atoms with E-state index < -0.39 is 44.2 Å². The first-order valence-corrected chi connectivity index (χ1v) is 8.49. The quantitative estimate of drug-likeness (QED) is 0.387. The van der Waals surface area contributed by atoms with Gasteiger partial charge >= 0.3 is 5.97 Å². The lowest BCUT2D eigenvalue weighted by Crippen LogP contribution is -2.60. The summed E-state index contributed by atoms with van der Waals surface area (Å²) >= 11 is 5.73. The molecular formula is C12H14ClNO7S. The van der Waals surface area contributed by atoms with Crippen LogP contribution in [0.1, 0.15) is 20.3 Å². The Morgan fingerprint density at radius 1 is 1.41 bits per heavy atom. The molecule has 2 aliphatic heterocycles. The largest absolute Gasteiger partial charge is 0.461 e. The maximum absolute atomic E-state index is 12.1. The molecule has 2 heterocycles. The summed E-state index contributed by atoms with van der Waals surface area (Å²) in [5.41, 5.74) is -1.29. The Kier molecular flexibility index (Phi) is 4.48. The summed E-state index contributed by atoms with van der Waals surface area (Å²) in [5, 5.41) is -1.02. The number of Topliss-reactive ketones (excluding diaryl/α,β-unsaturated/α-hetero) is 1. The molecule has 0 bridgehead atoms. The van der Waals surface area contributed by atoms with Crippen molar-refractivity contribution in [3.63, 3.8) is 0 Å². The number of hydrogen-bond acceptors (Lipinski definition) is 7. The number of alkyl halides is 1. The van der Waals surface area contributed by atoms with E-state index in [1.54, 1.807) is 0 Å². The molecule has 1 saturated heterocycles. The highest BCUT2D eigenvalue weighted by molar-refractivity contribution is 7.92. The van der Waals surface area contributed by atoms with Crippen molar-refractivity contribution in [2.24, 2.45) is 0 Å². The van der Waals surface area contributed by atoms with Crippen LogP contribution < -0.4 is 0 Å². The minimum Gasteiger partial charge on any atom is -0.461 e. The Balaban J connectivity index is 2.38. The molecular weight excluding hydrogens is 338 g/mol. The van der Waals surface area contributed by atoms with E-state index in [4.69, 9.17) is 21.1 Å². The minimum absolute atomic E-state index is 0.0754. The highest BCUT2D eigenvalue weighted by Gasteiger charge is 2.52. The van der Waals surface area contributed by atoms with Crippen LogP contribution in [0.3, 0.4) is 0 Å². The molecule has 0 spiro atoms. The fourth-order valence-corrected chi connectivity index (χ4v) is 4.00. The molecule has 0 aromatic rings. The number of carbonyl (C=O) groups is 3. The van der Waals surface area contributed by atoms with Crippen LogP contribution in [0.25, 0.3) is 0 Å². The summed E-state index contributed by atoms with van der Waals surface area (Å²) in [5.74, 6) is -2.12. The number of fused-ring (bicyclic) bond motifs is 1. The second-order valence-corrected chi connectivity index (χ2v) is 7.52. The molecule has 8 nitrogen and oxygen atoms in total. The van der Waals surface area contributed by atoms with Crippen LogP contribution in [-0.2, 0) is 33.7 Å². The SMILES string of the molecule is CC(=O)OCC1=C(OC(Cl)C(C)=O)N2C(=O)C[C@@H]2S(=O)(=O)C1. The fourth-order valence-electron chi connectivity index (χ4n) is 2.10. The Hall–Kier alpha value is -1.61. The third kappa shape index (κ3) is 3.09. The Morgan fingerprint density at radius 3 is 2.55 bits per heavy atom. The van der Waals surface area contributed by atoms with Crippen LogP contribution in [-0.4, -0.2) is 54.3 Å². The number of halogens is 1. The lowest BCUT2D eigenvalue weighted by Gasteiger charge is -2.44. The van der Waals surface area contributed by atoms with Gasteiger partial charge in [-0.15, -0.1) is 0 Å².